The molecule has 104 valence electrons. The summed E-state index contributed by atoms with van der Waals surface area (Å²) in [5.41, 5.74) is 0. The summed E-state index contributed by atoms with van der Waals surface area (Å²) in [7, 11) is 0. The van der Waals surface area contributed by atoms with E-state index in [1.54, 1.807) is 0 Å². The van der Waals surface area contributed by atoms with Crippen LogP contribution in [-0.2, 0) is 9.47 Å². The van der Waals surface area contributed by atoms with Gasteiger partial charge in [-0.05, 0) is 25.2 Å². The van der Waals surface area contributed by atoms with Crippen molar-refractivity contribution in [3.05, 3.63) is 0 Å². The van der Waals surface area contributed by atoms with Gasteiger partial charge in [0.05, 0.1) is 13.2 Å². The molecule has 0 aromatic carbocycles. The fourth-order valence-electron chi connectivity index (χ4n) is 2.99. The molecule has 0 aromatic rings. The van der Waals surface area contributed by atoms with Crippen molar-refractivity contribution in [1.29, 1.82) is 0 Å². The molecule has 6 nitrogen and oxygen atoms in total. The SMILES string of the molecule is O=C(O)NC(CCO)C1CCC2(CC1)OCCO2. The van der Waals surface area contributed by atoms with E-state index in [9.17, 15) is 4.79 Å². The Morgan fingerprint density at radius 2 is 1.94 bits per heavy atom. The Kier molecular flexibility index (Phi) is 4.42. The lowest BCUT2D eigenvalue weighted by Crippen LogP contribution is -2.45. The van der Waals surface area contributed by atoms with Crippen molar-refractivity contribution in [1.82, 2.24) is 5.32 Å². The van der Waals surface area contributed by atoms with Crippen LogP contribution in [0.2, 0.25) is 0 Å². The first kappa shape index (κ1) is 13.6. The first-order chi connectivity index (χ1) is 8.65. The zero-order valence-electron chi connectivity index (χ0n) is 10.4. The third-order valence-corrected chi connectivity index (χ3v) is 3.92. The van der Waals surface area contributed by atoms with E-state index < -0.39 is 11.9 Å². The fourth-order valence-corrected chi connectivity index (χ4v) is 2.99. The van der Waals surface area contributed by atoms with Gasteiger partial charge in [0.25, 0.3) is 0 Å². The van der Waals surface area contributed by atoms with E-state index in [0.29, 0.717) is 19.6 Å². The number of ether oxygens (including phenoxy) is 2. The van der Waals surface area contributed by atoms with Crippen molar-refractivity contribution in [2.45, 2.75) is 43.9 Å². The summed E-state index contributed by atoms with van der Waals surface area (Å²) in [6, 6.07) is -0.175. The van der Waals surface area contributed by atoms with Crippen LogP contribution in [0.3, 0.4) is 0 Å². The Labute approximate surface area is 106 Å². The lowest BCUT2D eigenvalue weighted by atomic mass is 9.80. The number of aliphatic hydroxyl groups is 1. The number of rotatable bonds is 4. The molecule has 1 heterocycles. The van der Waals surface area contributed by atoms with Gasteiger partial charge >= 0.3 is 6.09 Å². The first-order valence-electron chi connectivity index (χ1n) is 6.53. The minimum atomic E-state index is -1.03. The van der Waals surface area contributed by atoms with Crippen molar-refractivity contribution in [3.63, 3.8) is 0 Å². The highest BCUT2D eigenvalue weighted by Gasteiger charge is 2.42. The molecule has 0 aromatic heterocycles. The van der Waals surface area contributed by atoms with E-state index in [1.807, 2.05) is 0 Å². The molecule has 1 aliphatic carbocycles. The van der Waals surface area contributed by atoms with Crippen LogP contribution in [0.25, 0.3) is 0 Å². The minimum absolute atomic E-state index is 0.000407. The zero-order valence-corrected chi connectivity index (χ0v) is 10.4. The molecule has 0 bridgehead atoms. The van der Waals surface area contributed by atoms with E-state index in [-0.39, 0.29) is 18.6 Å². The zero-order chi connectivity index (χ0) is 13.0. The van der Waals surface area contributed by atoms with Crippen LogP contribution in [0.5, 0.6) is 0 Å². The van der Waals surface area contributed by atoms with E-state index >= 15 is 0 Å². The van der Waals surface area contributed by atoms with Gasteiger partial charge in [-0.1, -0.05) is 0 Å². The second-order valence-electron chi connectivity index (χ2n) is 5.01. The van der Waals surface area contributed by atoms with Crippen LogP contribution >= 0.6 is 0 Å². The summed E-state index contributed by atoms with van der Waals surface area (Å²) < 4.78 is 11.3. The summed E-state index contributed by atoms with van der Waals surface area (Å²) in [6.45, 7) is 1.30. The summed E-state index contributed by atoms with van der Waals surface area (Å²) in [5, 5.41) is 20.3. The second-order valence-corrected chi connectivity index (χ2v) is 5.01. The molecule has 18 heavy (non-hydrogen) atoms. The number of aliphatic hydroxyl groups excluding tert-OH is 1. The smallest absolute Gasteiger partial charge is 0.404 e. The third-order valence-electron chi connectivity index (χ3n) is 3.92. The highest BCUT2D eigenvalue weighted by Crippen LogP contribution is 2.39. The number of carbonyl (C=O) groups is 1. The molecule has 1 spiro atoms. The topological polar surface area (TPSA) is 88.0 Å². The van der Waals surface area contributed by atoms with Gasteiger partial charge in [-0.15, -0.1) is 0 Å². The van der Waals surface area contributed by atoms with Gasteiger partial charge in [-0.2, -0.15) is 0 Å². The van der Waals surface area contributed by atoms with Gasteiger partial charge < -0.3 is 25.0 Å². The molecule has 1 unspecified atom stereocenters. The maximum absolute atomic E-state index is 10.7. The largest absolute Gasteiger partial charge is 0.465 e. The molecule has 1 saturated heterocycles. The molecule has 2 rings (SSSR count). The minimum Gasteiger partial charge on any atom is -0.465 e. The van der Waals surface area contributed by atoms with Crippen molar-refractivity contribution in [2.75, 3.05) is 19.8 Å². The molecule has 3 N–H and O–H groups in total. The highest BCUT2D eigenvalue weighted by molar-refractivity contribution is 5.64. The van der Waals surface area contributed by atoms with Crippen LogP contribution in [0, 0.1) is 5.92 Å². The van der Waals surface area contributed by atoms with E-state index in [1.165, 1.54) is 0 Å². The van der Waals surface area contributed by atoms with Crippen LogP contribution < -0.4 is 5.32 Å². The van der Waals surface area contributed by atoms with E-state index in [0.717, 1.165) is 25.7 Å². The molecular weight excluding hydrogens is 238 g/mol. The van der Waals surface area contributed by atoms with Gasteiger partial charge in [-0.3, -0.25) is 0 Å². The molecule has 2 fully saturated rings. The normalized spacial score (nSPS) is 25.2. The van der Waals surface area contributed by atoms with Gasteiger partial charge in [-0.25, -0.2) is 4.79 Å². The van der Waals surface area contributed by atoms with Gasteiger partial charge in [0, 0.05) is 25.5 Å². The second kappa shape index (κ2) is 5.86. The maximum Gasteiger partial charge on any atom is 0.404 e. The number of hydrogen-bond donors (Lipinski definition) is 3. The Hall–Kier alpha value is -0.850. The van der Waals surface area contributed by atoms with E-state index in [2.05, 4.69) is 5.32 Å². The average molecular weight is 259 g/mol. The molecule has 1 atom stereocenters. The van der Waals surface area contributed by atoms with Crippen molar-refractivity contribution in [2.24, 2.45) is 5.92 Å². The van der Waals surface area contributed by atoms with Crippen LogP contribution in [-0.4, -0.2) is 48.0 Å². The van der Waals surface area contributed by atoms with Crippen molar-refractivity contribution in [3.8, 4) is 0 Å². The highest BCUT2D eigenvalue weighted by atomic mass is 16.7. The summed E-state index contributed by atoms with van der Waals surface area (Å²) >= 11 is 0. The molecule has 1 amide bonds. The van der Waals surface area contributed by atoms with Crippen molar-refractivity contribution < 1.29 is 24.5 Å². The molecular formula is C12H21NO5. The number of nitrogens with one attached hydrogen (secondary N) is 1. The van der Waals surface area contributed by atoms with Crippen molar-refractivity contribution >= 4 is 6.09 Å². The van der Waals surface area contributed by atoms with Crippen LogP contribution in [0.1, 0.15) is 32.1 Å². The standard InChI is InChI=1S/C12H21NO5/c14-6-3-10(13-11(15)16)9-1-4-12(5-2-9)17-7-8-18-12/h9-10,13-14H,1-8H2,(H,15,16). The Balaban J connectivity index is 1.87. The number of amides is 1. The predicted octanol–water partition coefficient (Wildman–Crippen LogP) is 0.938. The molecule has 1 saturated carbocycles. The Morgan fingerprint density at radius 3 is 2.44 bits per heavy atom. The molecule has 2 aliphatic rings. The Bertz CT molecular complexity index is 280. The molecule has 1 aliphatic heterocycles. The lowest BCUT2D eigenvalue weighted by molar-refractivity contribution is -0.183. The molecule has 6 heteroatoms. The van der Waals surface area contributed by atoms with Crippen LogP contribution in [0.15, 0.2) is 0 Å². The van der Waals surface area contributed by atoms with E-state index in [4.69, 9.17) is 19.7 Å². The predicted molar refractivity (Wildman–Crippen MR) is 63.2 cm³/mol. The maximum atomic E-state index is 10.7. The van der Waals surface area contributed by atoms with Gasteiger partial charge in [0.15, 0.2) is 5.79 Å². The van der Waals surface area contributed by atoms with Gasteiger partial charge in [0.1, 0.15) is 0 Å². The molecule has 0 radical (unpaired) electrons. The summed E-state index contributed by atoms with van der Waals surface area (Å²) in [4.78, 5) is 10.7. The van der Waals surface area contributed by atoms with Gasteiger partial charge in [0.2, 0.25) is 0 Å². The first-order valence-corrected chi connectivity index (χ1v) is 6.53. The lowest BCUT2D eigenvalue weighted by Gasteiger charge is -2.38. The number of hydrogen-bond acceptors (Lipinski definition) is 4. The third kappa shape index (κ3) is 3.13. The monoisotopic (exact) mass is 259 g/mol. The fraction of sp³-hybridized carbons (Fsp3) is 0.917. The number of carboxylic acid groups (broad SMARTS) is 1. The Morgan fingerprint density at radius 1 is 1.33 bits per heavy atom. The quantitative estimate of drug-likeness (QED) is 0.699. The summed E-state index contributed by atoms with van der Waals surface area (Å²) in [5.74, 6) is -0.157. The van der Waals surface area contributed by atoms with Crippen LogP contribution in [0.4, 0.5) is 4.79 Å². The summed E-state index contributed by atoms with van der Waals surface area (Å²) in [6.07, 6.45) is 2.78. The average Bonchev–Trinajstić information content (AvgIpc) is 2.78.